The van der Waals surface area contributed by atoms with E-state index in [1.54, 1.807) is 36.4 Å². The molecule has 130 valence electrons. The van der Waals surface area contributed by atoms with E-state index in [1.165, 1.54) is 0 Å². The molecule has 0 heterocycles. The molecule has 0 saturated carbocycles. The molecule has 0 aliphatic carbocycles. The Hall–Kier alpha value is -3.40. The van der Waals surface area contributed by atoms with Crippen LogP contribution in [0, 0.1) is 0 Å². The van der Waals surface area contributed by atoms with Crippen molar-refractivity contribution in [2.45, 2.75) is 13.2 Å². The second-order valence-corrected chi connectivity index (χ2v) is 5.77. The molecule has 0 spiro atoms. The van der Waals surface area contributed by atoms with Gasteiger partial charge in [-0.05, 0) is 35.4 Å². The van der Waals surface area contributed by atoms with Gasteiger partial charge < -0.3 is 9.47 Å². The van der Waals surface area contributed by atoms with Crippen LogP contribution >= 0.6 is 0 Å². The third kappa shape index (κ3) is 4.80. The molecular formula is C22H18O4. The van der Waals surface area contributed by atoms with Gasteiger partial charge in [-0.2, -0.15) is 0 Å². The smallest absolute Gasteiger partial charge is 0.150 e. The number of carbonyl (C=O) groups excluding carboxylic acids is 2. The van der Waals surface area contributed by atoms with Crippen molar-refractivity contribution in [3.05, 3.63) is 95.1 Å². The molecule has 0 unspecified atom stereocenters. The van der Waals surface area contributed by atoms with Gasteiger partial charge in [0, 0.05) is 11.1 Å². The molecule has 0 atom stereocenters. The van der Waals surface area contributed by atoms with Gasteiger partial charge in [0.05, 0.1) is 0 Å². The fraction of sp³-hybridized carbons (Fsp3) is 0.0909. The van der Waals surface area contributed by atoms with Crippen molar-refractivity contribution in [2.24, 2.45) is 0 Å². The van der Waals surface area contributed by atoms with Gasteiger partial charge in [0.2, 0.25) is 0 Å². The molecule has 3 rings (SSSR count). The van der Waals surface area contributed by atoms with Crippen LogP contribution in [-0.2, 0) is 13.2 Å². The summed E-state index contributed by atoms with van der Waals surface area (Å²) in [7, 11) is 0. The van der Waals surface area contributed by atoms with Crippen molar-refractivity contribution >= 4 is 12.6 Å². The first-order valence-electron chi connectivity index (χ1n) is 8.21. The fourth-order valence-corrected chi connectivity index (χ4v) is 2.42. The van der Waals surface area contributed by atoms with E-state index in [2.05, 4.69) is 0 Å². The number of rotatable bonds is 8. The minimum atomic E-state index is 0.421. The Morgan fingerprint density at radius 2 is 1.04 bits per heavy atom. The number of carbonyl (C=O) groups is 2. The summed E-state index contributed by atoms with van der Waals surface area (Å²) in [5, 5.41) is 0. The summed E-state index contributed by atoms with van der Waals surface area (Å²) in [5.41, 5.74) is 3.23. The summed E-state index contributed by atoms with van der Waals surface area (Å²) >= 11 is 0. The maximum Gasteiger partial charge on any atom is 0.150 e. The first kappa shape index (κ1) is 17.4. The van der Waals surface area contributed by atoms with Crippen LogP contribution in [0.3, 0.4) is 0 Å². The highest BCUT2D eigenvalue weighted by molar-refractivity contribution is 5.75. The highest BCUT2D eigenvalue weighted by Gasteiger charge is 2.01. The van der Waals surface area contributed by atoms with Gasteiger partial charge in [-0.25, -0.2) is 0 Å². The minimum Gasteiger partial charge on any atom is -0.489 e. The van der Waals surface area contributed by atoms with Crippen LogP contribution in [0.1, 0.15) is 31.8 Å². The number of hydrogen-bond donors (Lipinski definition) is 0. The number of ether oxygens (including phenoxy) is 2. The van der Waals surface area contributed by atoms with Gasteiger partial charge in [0.1, 0.15) is 37.3 Å². The lowest BCUT2D eigenvalue weighted by Crippen LogP contribution is -1.98. The van der Waals surface area contributed by atoms with Gasteiger partial charge in [0.15, 0.2) is 0 Å². The lowest BCUT2D eigenvalue weighted by atomic mass is 10.1. The lowest BCUT2D eigenvalue weighted by Gasteiger charge is -2.09. The summed E-state index contributed by atoms with van der Waals surface area (Å²) in [6.07, 6.45) is 1.60. The Balaban J connectivity index is 1.54. The van der Waals surface area contributed by atoms with E-state index in [1.807, 2.05) is 36.4 Å². The maximum atomic E-state index is 10.8. The van der Waals surface area contributed by atoms with Crippen LogP contribution in [0.15, 0.2) is 72.8 Å². The quantitative estimate of drug-likeness (QED) is 0.565. The van der Waals surface area contributed by atoms with Crippen molar-refractivity contribution in [3.63, 3.8) is 0 Å². The molecule has 3 aromatic rings. The molecule has 0 N–H and O–H groups in total. The average Bonchev–Trinajstić information content (AvgIpc) is 2.72. The third-order valence-electron chi connectivity index (χ3n) is 3.82. The Morgan fingerprint density at radius 1 is 0.615 bits per heavy atom. The monoisotopic (exact) mass is 346 g/mol. The van der Waals surface area contributed by atoms with Crippen LogP contribution in [0.4, 0.5) is 0 Å². The van der Waals surface area contributed by atoms with Gasteiger partial charge in [-0.1, -0.05) is 48.5 Å². The van der Waals surface area contributed by atoms with E-state index in [0.29, 0.717) is 35.8 Å². The Kier molecular flexibility index (Phi) is 5.78. The third-order valence-corrected chi connectivity index (χ3v) is 3.82. The molecule has 0 radical (unpaired) electrons. The average molecular weight is 346 g/mol. The molecule has 0 aromatic heterocycles. The predicted molar refractivity (Wildman–Crippen MR) is 98.8 cm³/mol. The molecule has 4 heteroatoms. The minimum absolute atomic E-state index is 0.421. The maximum absolute atomic E-state index is 10.8. The molecule has 0 aliphatic heterocycles. The topological polar surface area (TPSA) is 52.6 Å². The van der Waals surface area contributed by atoms with Gasteiger partial charge >= 0.3 is 0 Å². The van der Waals surface area contributed by atoms with Crippen LogP contribution in [0.25, 0.3) is 0 Å². The van der Waals surface area contributed by atoms with E-state index in [9.17, 15) is 9.59 Å². The van der Waals surface area contributed by atoms with Gasteiger partial charge in [0.25, 0.3) is 0 Å². The normalized spacial score (nSPS) is 10.2. The largest absolute Gasteiger partial charge is 0.489 e. The Labute approximate surface area is 152 Å². The standard InChI is InChI=1S/C22H18O4/c23-13-19-3-1-5-21(11-19)25-15-17-7-9-18(10-8-17)16-26-22-6-2-4-20(12-22)14-24/h1-14H,15-16H2. The van der Waals surface area contributed by atoms with Crippen molar-refractivity contribution < 1.29 is 19.1 Å². The van der Waals surface area contributed by atoms with Crippen LogP contribution in [0.2, 0.25) is 0 Å². The summed E-state index contributed by atoms with van der Waals surface area (Å²) in [6.45, 7) is 0.843. The molecule has 0 aliphatic rings. The summed E-state index contributed by atoms with van der Waals surface area (Å²) < 4.78 is 11.4. The molecule has 3 aromatic carbocycles. The first-order valence-corrected chi connectivity index (χ1v) is 8.21. The van der Waals surface area contributed by atoms with Crippen molar-refractivity contribution in [3.8, 4) is 11.5 Å². The molecular weight excluding hydrogens is 328 g/mol. The van der Waals surface area contributed by atoms with Crippen LogP contribution in [-0.4, -0.2) is 12.6 Å². The summed E-state index contributed by atoms with van der Waals surface area (Å²) in [6, 6.07) is 22.0. The molecule has 4 nitrogen and oxygen atoms in total. The molecule has 26 heavy (non-hydrogen) atoms. The molecule has 0 bridgehead atoms. The fourth-order valence-electron chi connectivity index (χ4n) is 2.42. The predicted octanol–water partition coefficient (Wildman–Crippen LogP) is 4.47. The van der Waals surface area contributed by atoms with Crippen molar-refractivity contribution in [1.82, 2.24) is 0 Å². The molecule has 0 saturated heterocycles. The summed E-state index contributed by atoms with van der Waals surface area (Å²) in [4.78, 5) is 21.6. The van der Waals surface area contributed by atoms with Crippen molar-refractivity contribution in [2.75, 3.05) is 0 Å². The zero-order valence-corrected chi connectivity index (χ0v) is 14.1. The van der Waals surface area contributed by atoms with E-state index < -0.39 is 0 Å². The second kappa shape index (κ2) is 8.62. The van der Waals surface area contributed by atoms with Gasteiger partial charge in [-0.15, -0.1) is 0 Å². The zero-order chi connectivity index (χ0) is 18.2. The van der Waals surface area contributed by atoms with E-state index in [4.69, 9.17) is 9.47 Å². The molecule has 0 fully saturated rings. The second-order valence-electron chi connectivity index (χ2n) is 5.77. The number of aldehydes is 2. The summed E-state index contributed by atoms with van der Waals surface area (Å²) in [5.74, 6) is 1.33. The Morgan fingerprint density at radius 3 is 1.42 bits per heavy atom. The highest BCUT2D eigenvalue weighted by Crippen LogP contribution is 2.16. The number of benzene rings is 3. The zero-order valence-electron chi connectivity index (χ0n) is 14.1. The van der Waals surface area contributed by atoms with E-state index in [-0.39, 0.29) is 0 Å². The SMILES string of the molecule is O=Cc1cccc(OCc2ccc(COc3cccc(C=O)c3)cc2)c1. The Bertz CT molecular complexity index is 810. The van der Waals surface area contributed by atoms with Crippen molar-refractivity contribution in [1.29, 1.82) is 0 Å². The van der Waals surface area contributed by atoms with E-state index >= 15 is 0 Å². The lowest BCUT2D eigenvalue weighted by molar-refractivity contribution is 0.111. The van der Waals surface area contributed by atoms with Crippen LogP contribution < -0.4 is 9.47 Å². The van der Waals surface area contributed by atoms with Gasteiger partial charge in [-0.3, -0.25) is 9.59 Å². The highest BCUT2D eigenvalue weighted by atomic mass is 16.5. The van der Waals surface area contributed by atoms with Crippen LogP contribution in [0.5, 0.6) is 11.5 Å². The molecule has 0 amide bonds. The van der Waals surface area contributed by atoms with E-state index in [0.717, 1.165) is 23.7 Å². The number of hydrogen-bond acceptors (Lipinski definition) is 4. The first-order chi connectivity index (χ1) is 12.8.